The van der Waals surface area contributed by atoms with Gasteiger partial charge in [-0.15, -0.1) is 0 Å². The lowest BCUT2D eigenvalue weighted by molar-refractivity contribution is -0.692. The van der Waals surface area contributed by atoms with Gasteiger partial charge in [-0.25, -0.2) is 0 Å². The predicted molar refractivity (Wildman–Crippen MR) is 111 cm³/mol. The SMILES string of the molecule is CC(C)[C@@H]([NH2+]CC(=O)Nc1ccccc1-c1ccccc1)c1ccccc1. The fourth-order valence-electron chi connectivity index (χ4n) is 3.37. The fourth-order valence-corrected chi connectivity index (χ4v) is 3.37. The van der Waals surface area contributed by atoms with Crippen molar-refractivity contribution in [3.63, 3.8) is 0 Å². The Morgan fingerprint density at radius 2 is 1.44 bits per heavy atom. The monoisotopic (exact) mass is 359 g/mol. The van der Waals surface area contributed by atoms with Crippen molar-refractivity contribution in [2.24, 2.45) is 5.92 Å². The topological polar surface area (TPSA) is 45.7 Å². The van der Waals surface area contributed by atoms with E-state index in [0.717, 1.165) is 16.8 Å². The number of para-hydroxylation sites is 1. The Bertz CT molecular complexity index is 860. The second-order valence-corrected chi connectivity index (χ2v) is 7.08. The minimum Gasteiger partial charge on any atom is -0.332 e. The summed E-state index contributed by atoms with van der Waals surface area (Å²) in [6.45, 7) is 4.77. The molecule has 1 amide bonds. The summed E-state index contributed by atoms with van der Waals surface area (Å²) in [4.78, 5) is 12.6. The number of nitrogens with one attached hydrogen (secondary N) is 1. The van der Waals surface area contributed by atoms with Gasteiger partial charge < -0.3 is 10.6 Å². The third-order valence-electron chi connectivity index (χ3n) is 4.75. The summed E-state index contributed by atoms with van der Waals surface area (Å²) in [5.41, 5.74) is 4.24. The first-order valence-corrected chi connectivity index (χ1v) is 9.47. The quantitative estimate of drug-likeness (QED) is 0.651. The molecule has 1 atom stereocenters. The third kappa shape index (κ3) is 5.05. The first-order valence-electron chi connectivity index (χ1n) is 9.47. The number of quaternary nitrogens is 1. The molecular weight excluding hydrogens is 332 g/mol. The van der Waals surface area contributed by atoms with Crippen molar-refractivity contribution in [1.29, 1.82) is 0 Å². The van der Waals surface area contributed by atoms with Crippen LogP contribution in [0.1, 0.15) is 25.5 Å². The molecule has 0 aliphatic heterocycles. The van der Waals surface area contributed by atoms with E-state index in [1.165, 1.54) is 5.56 Å². The highest BCUT2D eigenvalue weighted by Crippen LogP contribution is 2.27. The summed E-state index contributed by atoms with van der Waals surface area (Å²) in [5.74, 6) is 0.455. The van der Waals surface area contributed by atoms with Crippen LogP contribution in [0.2, 0.25) is 0 Å². The average molecular weight is 359 g/mol. The number of amides is 1. The maximum absolute atomic E-state index is 12.6. The molecule has 3 nitrogen and oxygen atoms in total. The Kier molecular flexibility index (Phi) is 6.39. The molecule has 0 unspecified atom stereocenters. The van der Waals surface area contributed by atoms with E-state index in [1.54, 1.807) is 0 Å². The molecule has 3 aromatic carbocycles. The second-order valence-electron chi connectivity index (χ2n) is 7.08. The number of hydrogen-bond acceptors (Lipinski definition) is 1. The van der Waals surface area contributed by atoms with Gasteiger partial charge in [0.25, 0.3) is 5.91 Å². The molecule has 3 heteroatoms. The van der Waals surface area contributed by atoms with Gasteiger partial charge in [-0.3, -0.25) is 4.79 Å². The van der Waals surface area contributed by atoms with Gasteiger partial charge in [-0.05, 0) is 11.6 Å². The van der Waals surface area contributed by atoms with Crippen molar-refractivity contribution in [3.05, 3.63) is 90.5 Å². The highest BCUT2D eigenvalue weighted by molar-refractivity contribution is 5.95. The van der Waals surface area contributed by atoms with Gasteiger partial charge in [0.1, 0.15) is 6.04 Å². The van der Waals surface area contributed by atoms with Crippen molar-refractivity contribution in [3.8, 4) is 11.1 Å². The van der Waals surface area contributed by atoms with Crippen LogP contribution < -0.4 is 10.6 Å². The van der Waals surface area contributed by atoms with Gasteiger partial charge in [-0.1, -0.05) is 92.7 Å². The number of rotatable bonds is 7. The lowest BCUT2D eigenvalue weighted by Crippen LogP contribution is -2.88. The molecule has 0 spiro atoms. The molecule has 3 N–H and O–H groups in total. The molecular formula is C24H27N2O+. The smallest absolute Gasteiger partial charge is 0.279 e. The van der Waals surface area contributed by atoms with Crippen molar-refractivity contribution in [2.75, 3.05) is 11.9 Å². The molecule has 0 heterocycles. The molecule has 0 aliphatic carbocycles. The van der Waals surface area contributed by atoms with Gasteiger partial charge in [0.15, 0.2) is 6.54 Å². The number of carbonyl (C=O) groups is 1. The van der Waals surface area contributed by atoms with E-state index in [2.05, 4.69) is 60.9 Å². The van der Waals surface area contributed by atoms with E-state index in [9.17, 15) is 4.79 Å². The molecule has 0 fully saturated rings. The zero-order valence-corrected chi connectivity index (χ0v) is 15.9. The molecule has 27 heavy (non-hydrogen) atoms. The van der Waals surface area contributed by atoms with Gasteiger partial charge in [-0.2, -0.15) is 0 Å². The highest BCUT2D eigenvalue weighted by Gasteiger charge is 2.20. The van der Waals surface area contributed by atoms with Gasteiger partial charge in [0, 0.05) is 22.7 Å². The molecule has 0 saturated heterocycles. The summed E-state index contributed by atoms with van der Waals surface area (Å²) in [6, 6.07) is 28.7. The third-order valence-corrected chi connectivity index (χ3v) is 4.75. The Hall–Kier alpha value is -2.91. The van der Waals surface area contributed by atoms with E-state index in [4.69, 9.17) is 0 Å². The summed E-state index contributed by atoms with van der Waals surface area (Å²) >= 11 is 0. The molecule has 0 aliphatic rings. The summed E-state index contributed by atoms with van der Waals surface area (Å²) in [7, 11) is 0. The van der Waals surface area contributed by atoms with Crippen molar-refractivity contribution < 1.29 is 10.1 Å². The van der Waals surface area contributed by atoms with Crippen LogP contribution in [0.15, 0.2) is 84.9 Å². The van der Waals surface area contributed by atoms with Crippen LogP contribution in [0.4, 0.5) is 5.69 Å². The van der Waals surface area contributed by atoms with Gasteiger partial charge in [0.2, 0.25) is 0 Å². The number of anilines is 1. The Balaban J connectivity index is 1.68. The normalized spacial score (nSPS) is 12.0. The standard InChI is InChI=1S/C24H26N2O/c1-18(2)24(20-13-7-4-8-14-20)25-17-23(27)26-22-16-10-9-15-21(22)19-11-5-3-6-12-19/h3-16,18,24-25H,17H2,1-2H3,(H,26,27)/p+1/t24-/m1/s1. The number of nitrogens with two attached hydrogens (primary N) is 1. The highest BCUT2D eigenvalue weighted by atomic mass is 16.1. The molecule has 3 rings (SSSR count). The predicted octanol–water partition coefficient (Wildman–Crippen LogP) is 4.25. The Labute approximate surface area is 161 Å². The first kappa shape index (κ1) is 18.9. The molecule has 3 aromatic rings. The van der Waals surface area contributed by atoms with E-state index in [1.807, 2.05) is 48.5 Å². The zero-order valence-electron chi connectivity index (χ0n) is 15.9. The van der Waals surface area contributed by atoms with E-state index >= 15 is 0 Å². The maximum atomic E-state index is 12.6. The van der Waals surface area contributed by atoms with E-state index in [0.29, 0.717) is 12.5 Å². The molecule has 0 radical (unpaired) electrons. The molecule has 0 bridgehead atoms. The molecule has 0 aromatic heterocycles. The molecule has 0 saturated carbocycles. The first-order chi connectivity index (χ1) is 13.1. The van der Waals surface area contributed by atoms with Crippen molar-refractivity contribution in [1.82, 2.24) is 0 Å². The van der Waals surface area contributed by atoms with Crippen LogP contribution in [0.25, 0.3) is 11.1 Å². The minimum atomic E-state index is 0.0139. The Morgan fingerprint density at radius 1 is 0.852 bits per heavy atom. The van der Waals surface area contributed by atoms with Crippen LogP contribution in [-0.4, -0.2) is 12.5 Å². The van der Waals surface area contributed by atoms with Gasteiger partial charge in [0.05, 0.1) is 0 Å². The average Bonchev–Trinajstić information content (AvgIpc) is 2.70. The summed E-state index contributed by atoms with van der Waals surface area (Å²) < 4.78 is 0. The van der Waals surface area contributed by atoms with Crippen LogP contribution in [0.5, 0.6) is 0 Å². The molecule has 138 valence electrons. The minimum absolute atomic E-state index is 0.0139. The maximum Gasteiger partial charge on any atom is 0.279 e. The number of hydrogen-bond donors (Lipinski definition) is 2. The van der Waals surface area contributed by atoms with E-state index in [-0.39, 0.29) is 11.9 Å². The van der Waals surface area contributed by atoms with Crippen molar-refractivity contribution in [2.45, 2.75) is 19.9 Å². The van der Waals surface area contributed by atoms with Crippen LogP contribution in [0, 0.1) is 5.92 Å². The number of benzene rings is 3. The van der Waals surface area contributed by atoms with E-state index < -0.39 is 0 Å². The summed E-state index contributed by atoms with van der Waals surface area (Å²) in [6.07, 6.45) is 0. The number of carbonyl (C=O) groups excluding carboxylic acids is 1. The van der Waals surface area contributed by atoms with Crippen LogP contribution >= 0.6 is 0 Å². The Morgan fingerprint density at radius 3 is 2.11 bits per heavy atom. The lowest BCUT2D eigenvalue weighted by atomic mass is 9.96. The zero-order chi connectivity index (χ0) is 19.1. The van der Waals surface area contributed by atoms with Gasteiger partial charge >= 0.3 is 0 Å². The summed E-state index contributed by atoms with van der Waals surface area (Å²) in [5, 5.41) is 5.21. The van der Waals surface area contributed by atoms with Crippen LogP contribution in [0.3, 0.4) is 0 Å². The second kappa shape index (κ2) is 9.15. The largest absolute Gasteiger partial charge is 0.332 e. The van der Waals surface area contributed by atoms with Crippen molar-refractivity contribution >= 4 is 11.6 Å². The lowest BCUT2D eigenvalue weighted by Gasteiger charge is -2.19. The van der Waals surface area contributed by atoms with Crippen LogP contribution in [-0.2, 0) is 4.79 Å². The fraction of sp³-hybridized carbons (Fsp3) is 0.208.